The van der Waals surface area contributed by atoms with Gasteiger partial charge in [0.05, 0.1) is 13.5 Å². The summed E-state index contributed by atoms with van der Waals surface area (Å²) in [6.45, 7) is 0. The molecule has 0 atom stereocenters. The highest BCUT2D eigenvalue weighted by Gasteiger charge is 2.44. The third-order valence-electron chi connectivity index (χ3n) is 3.35. The van der Waals surface area contributed by atoms with Crippen LogP contribution in [0.2, 0.25) is 0 Å². The van der Waals surface area contributed by atoms with Gasteiger partial charge in [-0.25, -0.2) is 13.8 Å². The van der Waals surface area contributed by atoms with E-state index in [2.05, 4.69) is 15.0 Å². The van der Waals surface area contributed by atoms with Gasteiger partial charge >= 0.3 is 5.97 Å². The smallest absolute Gasteiger partial charge is 0.306 e. The summed E-state index contributed by atoms with van der Waals surface area (Å²) in [5, 5.41) is 2.72. The van der Waals surface area contributed by atoms with Gasteiger partial charge in [0.15, 0.2) is 17.5 Å². The third kappa shape index (κ3) is 3.39. The third-order valence-corrected chi connectivity index (χ3v) is 4.67. The summed E-state index contributed by atoms with van der Waals surface area (Å²) < 4.78 is 31.6. The molecule has 1 aliphatic carbocycles. The fourth-order valence-corrected chi connectivity index (χ4v) is 3.06. The standard InChI is InChI=1S/C13H16F2N2O2S/c1-16-11-8(14)5-9(15)12(17-11)20-7-13(3-4-13)6-10(18)19-2/h5H,3-4,6-7H2,1-2H3,(H,16,17). The highest BCUT2D eigenvalue weighted by atomic mass is 32.2. The fourth-order valence-electron chi connectivity index (χ4n) is 1.87. The molecule has 0 amide bonds. The fraction of sp³-hybridized carbons (Fsp3) is 0.538. The van der Waals surface area contributed by atoms with E-state index in [1.807, 2.05) is 0 Å². The number of nitrogens with one attached hydrogen (secondary N) is 1. The van der Waals surface area contributed by atoms with Crippen LogP contribution in [0.25, 0.3) is 0 Å². The topological polar surface area (TPSA) is 51.2 Å². The van der Waals surface area contributed by atoms with Crippen LogP contribution in [-0.4, -0.2) is 30.9 Å². The lowest BCUT2D eigenvalue weighted by atomic mass is 10.1. The maximum atomic E-state index is 13.6. The number of halogens is 2. The first kappa shape index (κ1) is 15.0. The van der Waals surface area contributed by atoms with Crippen molar-refractivity contribution in [2.45, 2.75) is 24.3 Å². The van der Waals surface area contributed by atoms with Crippen LogP contribution in [0.15, 0.2) is 11.1 Å². The molecular weight excluding hydrogens is 286 g/mol. The van der Waals surface area contributed by atoms with E-state index in [0.29, 0.717) is 12.2 Å². The lowest BCUT2D eigenvalue weighted by Gasteiger charge is -2.13. The van der Waals surface area contributed by atoms with E-state index in [-0.39, 0.29) is 22.2 Å². The summed E-state index contributed by atoms with van der Waals surface area (Å²) >= 11 is 1.21. The second-order valence-corrected chi connectivity index (χ2v) is 5.86. The van der Waals surface area contributed by atoms with Gasteiger partial charge in [-0.3, -0.25) is 4.79 Å². The predicted molar refractivity (Wildman–Crippen MR) is 72.7 cm³/mol. The zero-order chi connectivity index (χ0) is 14.8. The van der Waals surface area contributed by atoms with Crippen LogP contribution in [0.4, 0.5) is 14.6 Å². The zero-order valence-corrected chi connectivity index (χ0v) is 12.2. The minimum absolute atomic E-state index is 0.0201. The molecule has 0 saturated heterocycles. The number of hydrogen-bond donors (Lipinski definition) is 1. The van der Waals surface area contributed by atoms with E-state index < -0.39 is 11.6 Å². The summed E-state index contributed by atoms with van der Waals surface area (Å²) in [6, 6.07) is 0.820. The molecule has 0 radical (unpaired) electrons. The summed E-state index contributed by atoms with van der Waals surface area (Å²) in [7, 11) is 2.88. The highest BCUT2D eigenvalue weighted by Crippen LogP contribution is 2.52. The lowest BCUT2D eigenvalue weighted by molar-refractivity contribution is -0.141. The number of aromatic nitrogens is 1. The van der Waals surface area contributed by atoms with E-state index in [0.717, 1.165) is 18.9 Å². The van der Waals surface area contributed by atoms with Gasteiger partial charge < -0.3 is 10.1 Å². The minimum Gasteiger partial charge on any atom is -0.469 e. The van der Waals surface area contributed by atoms with Gasteiger partial charge in [0.25, 0.3) is 0 Å². The molecule has 0 aromatic carbocycles. The first-order valence-electron chi connectivity index (χ1n) is 6.23. The number of carbonyl (C=O) groups is 1. The maximum Gasteiger partial charge on any atom is 0.306 e. The Balaban J connectivity index is 2.02. The molecule has 0 unspecified atom stereocenters. The molecule has 0 spiro atoms. The maximum absolute atomic E-state index is 13.6. The molecule has 4 nitrogen and oxygen atoms in total. The molecule has 1 fully saturated rings. The molecular formula is C13H16F2N2O2S. The molecule has 2 rings (SSSR count). The second kappa shape index (κ2) is 5.95. The van der Waals surface area contributed by atoms with Crippen molar-refractivity contribution in [3.05, 3.63) is 17.7 Å². The Morgan fingerprint density at radius 3 is 2.75 bits per heavy atom. The normalized spacial score (nSPS) is 15.8. The van der Waals surface area contributed by atoms with Crippen molar-refractivity contribution >= 4 is 23.5 Å². The van der Waals surface area contributed by atoms with E-state index >= 15 is 0 Å². The summed E-state index contributed by atoms with van der Waals surface area (Å²) in [6.07, 6.45) is 2.16. The molecule has 20 heavy (non-hydrogen) atoms. The molecule has 1 aromatic heterocycles. The Bertz CT molecular complexity index is 521. The zero-order valence-electron chi connectivity index (χ0n) is 11.3. The Morgan fingerprint density at radius 2 is 2.20 bits per heavy atom. The van der Waals surface area contributed by atoms with Crippen LogP contribution in [0.5, 0.6) is 0 Å². The Kier molecular flexibility index (Phi) is 4.47. The molecule has 0 aliphatic heterocycles. The largest absolute Gasteiger partial charge is 0.469 e. The van der Waals surface area contributed by atoms with Crippen molar-refractivity contribution in [3.8, 4) is 0 Å². The summed E-state index contributed by atoms with van der Waals surface area (Å²) in [5.74, 6) is -1.07. The van der Waals surface area contributed by atoms with Gasteiger partial charge in [0.2, 0.25) is 0 Å². The molecule has 7 heteroatoms. The van der Waals surface area contributed by atoms with E-state index in [1.165, 1.54) is 25.9 Å². The second-order valence-electron chi connectivity index (χ2n) is 4.90. The number of rotatable bonds is 6. The van der Waals surface area contributed by atoms with E-state index in [4.69, 9.17) is 0 Å². The van der Waals surface area contributed by atoms with Gasteiger partial charge in [0.1, 0.15) is 5.03 Å². The van der Waals surface area contributed by atoms with Crippen molar-refractivity contribution in [1.29, 1.82) is 0 Å². The molecule has 1 heterocycles. The van der Waals surface area contributed by atoms with Crippen molar-refractivity contribution in [2.75, 3.05) is 25.2 Å². The minimum atomic E-state index is -0.718. The van der Waals surface area contributed by atoms with E-state index in [1.54, 1.807) is 0 Å². The molecule has 1 aliphatic rings. The summed E-state index contributed by atoms with van der Waals surface area (Å²) in [4.78, 5) is 15.2. The van der Waals surface area contributed by atoms with Crippen molar-refractivity contribution < 1.29 is 18.3 Å². The first-order valence-corrected chi connectivity index (χ1v) is 7.22. The van der Waals surface area contributed by atoms with Crippen LogP contribution >= 0.6 is 11.8 Å². The Morgan fingerprint density at radius 1 is 1.50 bits per heavy atom. The number of anilines is 1. The molecule has 1 aromatic rings. The molecule has 110 valence electrons. The van der Waals surface area contributed by atoms with Crippen LogP contribution in [0.1, 0.15) is 19.3 Å². The first-order chi connectivity index (χ1) is 9.49. The number of methoxy groups -OCH3 is 1. The summed E-state index contributed by atoms with van der Waals surface area (Å²) in [5.41, 5.74) is -0.125. The average Bonchev–Trinajstić information content (AvgIpc) is 3.17. The Hall–Kier alpha value is -1.37. The Labute approximate surface area is 120 Å². The van der Waals surface area contributed by atoms with Crippen LogP contribution in [0.3, 0.4) is 0 Å². The number of hydrogen-bond acceptors (Lipinski definition) is 5. The van der Waals surface area contributed by atoms with Crippen LogP contribution in [-0.2, 0) is 9.53 Å². The lowest BCUT2D eigenvalue weighted by Crippen LogP contribution is -2.13. The van der Waals surface area contributed by atoms with Gasteiger partial charge in [-0.2, -0.15) is 0 Å². The van der Waals surface area contributed by atoms with E-state index in [9.17, 15) is 13.6 Å². The van der Waals surface area contributed by atoms with Crippen LogP contribution in [0, 0.1) is 17.0 Å². The number of nitrogens with zero attached hydrogens (tertiary/aromatic N) is 1. The number of pyridine rings is 1. The van der Waals surface area contributed by atoms with Crippen molar-refractivity contribution in [3.63, 3.8) is 0 Å². The monoisotopic (exact) mass is 302 g/mol. The highest BCUT2D eigenvalue weighted by molar-refractivity contribution is 7.99. The number of ether oxygens (including phenoxy) is 1. The molecule has 1 saturated carbocycles. The van der Waals surface area contributed by atoms with Gasteiger partial charge in [0, 0.05) is 18.9 Å². The quantitative estimate of drug-likeness (QED) is 0.647. The average molecular weight is 302 g/mol. The van der Waals surface area contributed by atoms with Gasteiger partial charge in [-0.05, 0) is 18.3 Å². The van der Waals surface area contributed by atoms with Gasteiger partial charge in [-0.1, -0.05) is 0 Å². The van der Waals surface area contributed by atoms with Crippen LogP contribution < -0.4 is 5.32 Å². The van der Waals surface area contributed by atoms with Crippen molar-refractivity contribution in [1.82, 2.24) is 4.98 Å². The molecule has 0 bridgehead atoms. The SMILES string of the molecule is CNc1nc(SCC2(CC(=O)OC)CC2)c(F)cc1F. The molecule has 1 N–H and O–H groups in total. The number of thioether (sulfide) groups is 1. The van der Waals surface area contributed by atoms with Crippen molar-refractivity contribution in [2.24, 2.45) is 5.41 Å². The number of carbonyl (C=O) groups excluding carboxylic acids is 1. The number of esters is 1. The predicted octanol–water partition coefficient (Wildman–Crippen LogP) is 2.84. The van der Waals surface area contributed by atoms with Gasteiger partial charge in [-0.15, -0.1) is 11.8 Å².